The van der Waals surface area contributed by atoms with Gasteiger partial charge in [-0.1, -0.05) is 11.6 Å². The van der Waals surface area contributed by atoms with Gasteiger partial charge in [-0.2, -0.15) is 0 Å². The highest BCUT2D eigenvalue weighted by Crippen LogP contribution is 2.16. The molecule has 0 fully saturated rings. The average Bonchev–Trinajstić information content (AvgIpc) is 2.93. The van der Waals surface area contributed by atoms with Crippen LogP contribution in [0.2, 0.25) is 0 Å². The van der Waals surface area contributed by atoms with Crippen LogP contribution in [0.25, 0.3) is 0 Å². The van der Waals surface area contributed by atoms with Crippen molar-refractivity contribution in [2.45, 2.75) is 26.3 Å². The van der Waals surface area contributed by atoms with Gasteiger partial charge in [-0.15, -0.1) is 0 Å². The quantitative estimate of drug-likeness (QED) is 0.472. The van der Waals surface area contributed by atoms with E-state index in [1.807, 2.05) is 6.92 Å². The van der Waals surface area contributed by atoms with E-state index >= 15 is 0 Å². The summed E-state index contributed by atoms with van der Waals surface area (Å²) in [6.45, 7) is 4.78. The van der Waals surface area contributed by atoms with Crippen molar-refractivity contribution in [2.75, 3.05) is 19.6 Å². The maximum absolute atomic E-state index is 12.1. The fraction of sp³-hybridized carbons (Fsp3) is 0.500. The van der Waals surface area contributed by atoms with Gasteiger partial charge in [0.1, 0.15) is 5.69 Å². The summed E-state index contributed by atoms with van der Waals surface area (Å²) < 4.78 is 1.59. The predicted octanol–water partition coefficient (Wildman–Crippen LogP) is 1.46. The fourth-order valence-electron chi connectivity index (χ4n) is 2.37. The molecule has 1 aromatic heterocycles. The first kappa shape index (κ1) is 15.2. The summed E-state index contributed by atoms with van der Waals surface area (Å²) in [4.78, 5) is 22.4. The largest absolute Gasteiger partial charge is 0.350 e. The number of carbonyl (C=O) groups is 1. The van der Waals surface area contributed by atoms with Crippen molar-refractivity contribution in [2.24, 2.45) is 0 Å². The number of hydrogen-bond donors (Lipinski definition) is 2. The zero-order valence-electron chi connectivity index (χ0n) is 12.1. The Kier molecular flexibility index (Phi) is 5.10. The Morgan fingerprint density at radius 1 is 1.57 bits per heavy atom. The molecule has 0 atom stereocenters. The lowest BCUT2D eigenvalue weighted by Gasteiger charge is -2.14. The molecule has 1 aliphatic rings. The SMILES string of the molecule is CCn1cc([N+](=O)[O-])cc1C(=O)NCCC1=CCNCC1. The van der Waals surface area contributed by atoms with Crippen LogP contribution in [0.4, 0.5) is 5.69 Å². The van der Waals surface area contributed by atoms with E-state index in [0.29, 0.717) is 18.8 Å². The minimum absolute atomic E-state index is 0.0527. The van der Waals surface area contributed by atoms with E-state index in [4.69, 9.17) is 0 Å². The van der Waals surface area contributed by atoms with Gasteiger partial charge in [0.15, 0.2) is 0 Å². The normalized spacial score (nSPS) is 14.6. The first-order chi connectivity index (χ1) is 10.1. The number of nitrogens with one attached hydrogen (secondary N) is 2. The Bertz CT molecular complexity index is 563. The van der Waals surface area contributed by atoms with E-state index in [9.17, 15) is 14.9 Å². The lowest BCUT2D eigenvalue weighted by molar-refractivity contribution is -0.384. The van der Waals surface area contributed by atoms with E-state index in [1.165, 1.54) is 17.8 Å². The molecular formula is C14H20N4O3. The van der Waals surface area contributed by atoms with Gasteiger partial charge in [0.05, 0.1) is 11.1 Å². The second-order valence-electron chi connectivity index (χ2n) is 4.95. The molecule has 114 valence electrons. The summed E-state index contributed by atoms with van der Waals surface area (Å²) in [5.74, 6) is -0.264. The Balaban J connectivity index is 1.93. The van der Waals surface area contributed by atoms with Crippen molar-refractivity contribution >= 4 is 11.6 Å². The number of rotatable bonds is 6. The lowest BCUT2D eigenvalue weighted by Crippen LogP contribution is -2.28. The fourth-order valence-corrected chi connectivity index (χ4v) is 2.37. The van der Waals surface area contributed by atoms with E-state index < -0.39 is 4.92 Å². The summed E-state index contributed by atoms with van der Waals surface area (Å²) in [5.41, 5.74) is 1.62. The maximum atomic E-state index is 12.1. The number of amides is 1. The zero-order chi connectivity index (χ0) is 15.2. The van der Waals surface area contributed by atoms with Crippen LogP contribution in [0.1, 0.15) is 30.3 Å². The van der Waals surface area contributed by atoms with Crippen molar-refractivity contribution in [1.29, 1.82) is 0 Å². The number of aromatic nitrogens is 1. The Morgan fingerprint density at radius 2 is 2.38 bits per heavy atom. The minimum atomic E-state index is -0.483. The molecule has 1 amide bonds. The molecule has 0 saturated heterocycles. The van der Waals surface area contributed by atoms with E-state index in [0.717, 1.165) is 25.9 Å². The van der Waals surface area contributed by atoms with E-state index in [1.54, 1.807) is 4.57 Å². The van der Waals surface area contributed by atoms with Crippen molar-refractivity contribution < 1.29 is 9.72 Å². The van der Waals surface area contributed by atoms with Crippen molar-refractivity contribution in [1.82, 2.24) is 15.2 Å². The molecule has 1 aliphatic heterocycles. The summed E-state index contributed by atoms with van der Waals surface area (Å²) in [6.07, 6.45) is 5.37. The molecule has 21 heavy (non-hydrogen) atoms. The minimum Gasteiger partial charge on any atom is -0.350 e. The molecule has 0 saturated carbocycles. The molecule has 0 bridgehead atoms. The first-order valence-corrected chi connectivity index (χ1v) is 7.13. The Morgan fingerprint density at radius 3 is 3.00 bits per heavy atom. The van der Waals surface area contributed by atoms with Gasteiger partial charge in [-0.25, -0.2) is 0 Å². The van der Waals surface area contributed by atoms with Crippen LogP contribution in [0.15, 0.2) is 23.9 Å². The van der Waals surface area contributed by atoms with Crippen LogP contribution >= 0.6 is 0 Å². The molecule has 0 spiro atoms. The molecule has 2 heterocycles. The summed E-state index contributed by atoms with van der Waals surface area (Å²) in [7, 11) is 0. The highest BCUT2D eigenvalue weighted by molar-refractivity contribution is 5.93. The number of nitrogens with zero attached hydrogens (tertiary/aromatic N) is 2. The smallest absolute Gasteiger partial charge is 0.287 e. The third-order valence-electron chi connectivity index (χ3n) is 3.56. The van der Waals surface area contributed by atoms with Gasteiger partial charge in [-0.3, -0.25) is 14.9 Å². The summed E-state index contributed by atoms with van der Waals surface area (Å²) in [6, 6.07) is 1.32. The van der Waals surface area contributed by atoms with Crippen molar-refractivity contribution in [3.63, 3.8) is 0 Å². The molecule has 7 heteroatoms. The van der Waals surface area contributed by atoms with Gasteiger partial charge in [0.25, 0.3) is 11.6 Å². The molecule has 0 aliphatic carbocycles. The summed E-state index contributed by atoms with van der Waals surface area (Å²) in [5, 5.41) is 16.8. The van der Waals surface area contributed by atoms with Crippen LogP contribution in [0.5, 0.6) is 0 Å². The van der Waals surface area contributed by atoms with Crippen LogP contribution < -0.4 is 10.6 Å². The Labute approximate surface area is 123 Å². The topological polar surface area (TPSA) is 89.2 Å². The van der Waals surface area contributed by atoms with Gasteiger partial charge >= 0.3 is 0 Å². The van der Waals surface area contributed by atoms with E-state index in [2.05, 4.69) is 16.7 Å². The molecule has 7 nitrogen and oxygen atoms in total. The van der Waals surface area contributed by atoms with Crippen LogP contribution in [-0.4, -0.2) is 35.0 Å². The van der Waals surface area contributed by atoms with E-state index in [-0.39, 0.29) is 11.6 Å². The zero-order valence-corrected chi connectivity index (χ0v) is 12.1. The maximum Gasteiger partial charge on any atom is 0.287 e. The third kappa shape index (κ3) is 3.91. The highest BCUT2D eigenvalue weighted by atomic mass is 16.6. The predicted molar refractivity (Wildman–Crippen MR) is 79.3 cm³/mol. The van der Waals surface area contributed by atoms with Crippen molar-refractivity contribution in [3.05, 3.63) is 39.7 Å². The first-order valence-electron chi connectivity index (χ1n) is 7.13. The molecular weight excluding hydrogens is 272 g/mol. The second-order valence-corrected chi connectivity index (χ2v) is 4.95. The van der Waals surface area contributed by atoms with Crippen molar-refractivity contribution in [3.8, 4) is 0 Å². The number of hydrogen-bond acceptors (Lipinski definition) is 4. The lowest BCUT2D eigenvalue weighted by atomic mass is 10.1. The second kappa shape index (κ2) is 7.03. The molecule has 0 aromatic carbocycles. The van der Waals surface area contributed by atoms with Gasteiger partial charge in [0, 0.05) is 25.7 Å². The van der Waals surface area contributed by atoms with Crippen LogP contribution in [0, 0.1) is 10.1 Å². The summed E-state index contributed by atoms with van der Waals surface area (Å²) >= 11 is 0. The Hall–Kier alpha value is -2.15. The molecule has 1 aromatic rings. The third-order valence-corrected chi connectivity index (χ3v) is 3.56. The standard InChI is InChI=1S/C14H20N4O3/c1-2-17-10-12(18(20)21)9-13(17)14(19)16-8-5-11-3-6-15-7-4-11/h3,9-10,15H,2,4-8H2,1H3,(H,16,19). The number of carbonyl (C=O) groups excluding carboxylic acids is 1. The molecule has 0 unspecified atom stereocenters. The van der Waals surface area contributed by atoms with Gasteiger partial charge in [0.2, 0.25) is 0 Å². The molecule has 0 radical (unpaired) electrons. The van der Waals surface area contributed by atoms with Gasteiger partial charge in [-0.05, 0) is 26.3 Å². The molecule has 2 rings (SSSR count). The van der Waals surface area contributed by atoms with Crippen LogP contribution in [-0.2, 0) is 6.54 Å². The molecule has 2 N–H and O–H groups in total. The number of nitro groups is 1. The van der Waals surface area contributed by atoms with Crippen LogP contribution in [0.3, 0.4) is 0 Å². The highest BCUT2D eigenvalue weighted by Gasteiger charge is 2.18. The number of aryl methyl sites for hydroxylation is 1. The monoisotopic (exact) mass is 292 g/mol. The average molecular weight is 292 g/mol. The van der Waals surface area contributed by atoms with Gasteiger partial charge < -0.3 is 15.2 Å².